The predicted molar refractivity (Wildman–Crippen MR) is 84.0 cm³/mol. The van der Waals surface area contributed by atoms with Crippen LogP contribution in [0.1, 0.15) is 12.0 Å². The highest BCUT2D eigenvalue weighted by Crippen LogP contribution is 2.19. The minimum absolute atomic E-state index is 0.195. The summed E-state index contributed by atoms with van der Waals surface area (Å²) < 4.78 is 0. The zero-order chi connectivity index (χ0) is 16.4. The summed E-state index contributed by atoms with van der Waals surface area (Å²) in [5, 5.41) is 25.2. The summed E-state index contributed by atoms with van der Waals surface area (Å²) >= 11 is 0. The molecule has 0 aliphatic carbocycles. The SMILES string of the molecule is O=C(O)C(Cc1c[nH]c2ccccc12)NC(=O)[C@@H]1C[C@@H](O)CN1. The van der Waals surface area contributed by atoms with Gasteiger partial charge in [-0.1, -0.05) is 18.2 Å². The Labute approximate surface area is 132 Å². The zero-order valence-corrected chi connectivity index (χ0v) is 12.5. The topological polar surface area (TPSA) is 114 Å². The lowest BCUT2D eigenvalue weighted by Gasteiger charge is -2.17. The molecule has 1 saturated heterocycles. The number of benzene rings is 1. The second-order valence-electron chi connectivity index (χ2n) is 5.81. The molecule has 1 aliphatic rings. The second-order valence-corrected chi connectivity index (χ2v) is 5.81. The maximum absolute atomic E-state index is 12.1. The van der Waals surface area contributed by atoms with Crippen LogP contribution >= 0.6 is 0 Å². The number of carboxylic acids is 1. The van der Waals surface area contributed by atoms with Gasteiger partial charge in [0.25, 0.3) is 0 Å². The number of carbonyl (C=O) groups is 2. The fraction of sp³-hybridized carbons (Fsp3) is 0.375. The number of aliphatic hydroxyl groups is 1. The van der Waals surface area contributed by atoms with Crippen LogP contribution in [0.25, 0.3) is 10.9 Å². The number of aliphatic hydroxyl groups excluding tert-OH is 1. The van der Waals surface area contributed by atoms with Crippen LogP contribution < -0.4 is 10.6 Å². The smallest absolute Gasteiger partial charge is 0.326 e. The van der Waals surface area contributed by atoms with Crippen molar-refractivity contribution in [2.75, 3.05) is 6.54 Å². The number of H-pyrrole nitrogens is 1. The van der Waals surface area contributed by atoms with Gasteiger partial charge in [0.1, 0.15) is 6.04 Å². The molecule has 1 aliphatic heterocycles. The van der Waals surface area contributed by atoms with Gasteiger partial charge in [-0.2, -0.15) is 0 Å². The van der Waals surface area contributed by atoms with Crippen molar-refractivity contribution in [3.63, 3.8) is 0 Å². The number of β-amino-alcohol motifs (C(OH)–C–C–N with tert-alkyl or cyclic N) is 1. The molecule has 23 heavy (non-hydrogen) atoms. The number of rotatable bonds is 5. The summed E-state index contributed by atoms with van der Waals surface area (Å²) in [6, 6.07) is 6.05. The second kappa shape index (κ2) is 6.39. The van der Waals surface area contributed by atoms with Crippen LogP contribution in [-0.2, 0) is 16.0 Å². The van der Waals surface area contributed by atoms with E-state index < -0.39 is 30.1 Å². The third-order valence-corrected chi connectivity index (χ3v) is 4.14. The first kappa shape index (κ1) is 15.5. The minimum atomic E-state index is -1.08. The molecule has 7 heteroatoms. The first-order valence-corrected chi connectivity index (χ1v) is 7.54. The van der Waals surface area contributed by atoms with Crippen LogP contribution in [0.4, 0.5) is 0 Å². The van der Waals surface area contributed by atoms with E-state index in [4.69, 9.17) is 0 Å². The van der Waals surface area contributed by atoms with E-state index in [1.54, 1.807) is 6.20 Å². The van der Waals surface area contributed by atoms with E-state index in [-0.39, 0.29) is 6.42 Å². The van der Waals surface area contributed by atoms with Crippen molar-refractivity contribution in [3.8, 4) is 0 Å². The average Bonchev–Trinajstić information content (AvgIpc) is 3.13. The lowest BCUT2D eigenvalue weighted by molar-refractivity contribution is -0.142. The molecule has 0 saturated carbocycles. The number of para-hydroxylation sites is 1. The van der Waals surface area contributed by atoms with E-state index in [9.17, 15) is 19.8 Å². The highest BCUT2D eigenvalue weighted by Gasteiger charge is 2.31. The van der Waals surface area contributed by atoms with Gasteiger partial charge in [-0.15, -0.1) is 0 Å². The first-order chi connectivity index (χ1) is 11.0. The Morgan fingerprint density at radius 3 is 2.83 bits per heavy atom. The van der Waals surface area contributed by atoms with Crippen LogP contribution in [-0.4, -0.2) is 51.8 Å². The monoisotopic (exact) mass is 317 g/mol. The van der Waals surface area contributed by atoms with Crippen LogP contribution in [0.15, 0.2) is 30.5 Å². The van der Waals surface area contributed by atoms with E-state index >= 15 is 0 Å². The van der Waals surface area contributed by atoms with Gasteiger partial charge in [-0.3, -0.25) is 4.79 Å². The predicted octanol–water partition coefficient (Wildman–Crippen LogP) is 0.00260. The van der Waals surface area contributed by atoms with Crippen LogP contribution in [0, 0.1) is 0 Å². The molecule has 5 N–H and O–H groups in total. The number of fused-ring (bicyclic) bond motifs is 1. The van der Waals surface area contributed by atoms with Crippen molar-refractivity contribution >= 4 is 22.8 Å². The number of aliphatic carboxylic acids is 1. The van der Waals surface area contributed by atoms with Crippen molar-refractivity contribution in [1.29, 1.82) is 0 Å². The fourth-order valence-corrected chi connectivity index (χ4v) is 2.91. The molecule has 3 rings (SSSR count). The Kier molecular flexibility index (Phi) is 4.31. The summed E-state index contributed by atoms with van der Waals surface area (Å²) in [7, 11) is 0. The van der Waals surface area contributed by atoms with Gasteiger partial charge in [-0.25, -0.2) is 4.79 Å². The van der Waals surface area contributed by atoms with E-state index in [0.29, 0.717) is 13.0 Å². The molecule has 3 atom stereocenters. The van der Waals surface area contributed by atoms with E-state index in [0.717, 1.165) is 16.5 Å². The maximum Gasteiger partial charge on any atom is 0.326 e. The van der Waals surface area contributed by atoms with Crippen molar-refractivity contribution < 1.29 is 19.8 Å². The van der Waals surface area contributed by atoms with Crippen molar-refractivity contribution in [1.82, 2.24) is 15.6 Å². The Morgan fingerprint density at radius 2 is 2.13 bits per heavy atom. The first-order valence-electron chi connectivity index (χ1n) is 7.54. The fourth-order valence-electron chi connectivity index (χ4n) is 2.91. The molecule has 1 amide bonds. The number of carboxylic acid groups (broad SMARTS) is 1. The Bertz CT molecular complexity index is 727. The van der Waals surface area contributed by atoms with Crippen LogP contribution in [0.5, 0.6) is 0 Å². The average molecular weight is 317 g/mol. The van der Waals surface area contributed by atoms with Gasteiger partial charge in [0.05, 0.1) is 12.1 Å². The highest BCUT2D eigenvalue weighted by atomic mass is 16.4. The third kappa shape index (κ3) is 3.35. The van der Waals surface area contributed by atoms with Crippen molar-refractivity contribution in [2.45, 2.75) is 31.0 Å². The summed E-state index contributed by atoms with van der Waals surface area (Å²) in [6.07, 6.45) is 1.69. The molecule has 0 spiro atoms. The Morgan fingerprint density at radius 1 is 1.35 bits per heavy atom. The summed E-state index contributed by atoms with van der Waals surface area (Å²) in [6.45, 7) is 0.346. The van der Waals surface area contributed by atoms with Gasteiger partial charge >= 0.3 is 5.97 Å². The molecule has 1 aromatic carbocycles. The highest BCUT2D eigenvalue weighted by molar-refractivity contribution is 5.88. The Balaban J connectivity index is 1.72. The molecule has 2 heterocycles. The number of carbonyl (C=O) groups excluding carboxylic acids is 1. The van der Waals surface area contributed by atoms with E-state index in [2.05, 4.69) is 15.6 Å². The normalized spacial score (nSPS) is 22.1. The quantitative estimate of drug-likeness (QED) is 0.533. The molecule has 122 valence electrons. The van der Waals surface area contributed by atoms with Crippen LogP contribution in [0.3, 0.4) is 0 Å². The number of nitrogens with one attached hydrogen (secondary N) is 3. The van der Waals surface area contributed by atoms with Gasteiger partial charge in [0.2, 0.25) is 5.91 Å². The summed E-state index contributed by atoms with van der Waals surface area (Å²) in [4.78, 5) is 26.7. The largest absolute Gasteiger partial charge is 0.480 e. The van der Waals surface area contributed by atoms with E-state index in [1.807, 2.05) is 24.3 Å². The summed E-state index contributed by atoms with van der Waals surface area (Å²) in [5.74, 6) is -1.48. The number of hydrogen-bond donors (Lipinski definition) is 5. The molecule has 0 bridgehead atoms. The van der Waals surface area contributed by atoms with E-state index in [1.165, 1.54) is 0 Å². The van der Waals surface area contributed by atoms with Gasteiger partial charge in [-0.05, 0) is 18.1 Å². The van der Waals surface area contributed by atoms with Gasteiger partial charge in [0, 0.05) is 30.1 Å². The van der Waals surface area contributed by atoms with Crippen LogP contribution in [0.2, 0.25) is 0 Å². The standard InChI is InChI=1S/C16H19N3O4/c20-10-6-13(18-8-10)15(21)19-14(16(22)23)5-9-7-17-12-4-2-1-3-11(9)12/h1-4,7,10,13-14,17-18,20H,5-6,8H2,(H,19,21)(H,22,23)/t10-,13+,14?/m1/s1. The molecule has 1 aromatic heterocycles. The summed E-state index contributed by atoms with van der Waals surface area (Å²) in [5.41, 5.74) is 1.77. The number of amides is 1. The zero-order valence-electron chi connectivity index (χ0n) is 12.5. The molecule has 1 unspecified atom stereocenters. The minimum Gasteiger partial charge on any atom is -0.480 e. The van der Waals surface area contributed by atoms with Crippen molar-refractivity contribution in [2.24, 2.45) is 0 Å². The lowest BCUT2D eigenvalue weighted by Crippen LogP contribution is -2.49. The molecular weight excluding hydrogens is 298 g/mol. The lowest BCUT2D eigenvalue weighted by atomic mass is 10.0. The molecule has 0 radical (unpaired) electrons. The maximum atomic E-state index is 12.1. The van der Waals surface area contributed by atoms with Crippen molar-refractivity contribution in [3.05, 3.63) is 36.0 Å². The molecule has 1 fully saturated rings. The number of aromatic amines is 1. The molecule has 2 aromatic rings. The number of aromatic nitrogens is 1. The Hall–Kier alpha value is -2.38. The number of hydrogen-bond acceptors (Lipinski definition) is 4. The molecular formula is C16H19N3O4. The molecule has 7 nitrogen and oxygen atoms in total. The third-order valence-electron chi connectivity index (χ3n) is 4.14. The van der Waals surface area contributed by atoms with Gasteiger partial charge in [0.15, 0.2) is 0 Å². The van der Waals surface area contributed by atoms with Gasteiger partial charge < -0.3 is 25.8 Å².